The van der Waals surface area contributed by atoms with Crippen LogP contribution in [0.1, 0.15) is 11.7 Å². The van der Waals surface area contributed by atoms with Crippen LogP contribution in [0, 0.1) is 0 Å². The first-order chi connectivity index (χ1) is 10.6. The molecule has 3 rings (SSSR count). The van der Waals surface area contributed by atoms with Gasteiger partial charge in [0.25, 0.3) is 0 Å². The molecule has 2 N–H and O–H groups in total. The largest absolute Gasteiger partial charge is 0.387 e. The second-order valence-electron chi connectivity index (χ2n) is 4.78. The second-order valence-corrected chi connectivity index (χ2v) is 5.97. The Kier molecular flexibility index (Phi) is 4.28. The fourth-order valence-corrected chi connectivity index (χ4v) is 2.90. The Morgan fingerprint density at radius 1 is 1.32 bits per heavy atom. The summed E-state index contributed by atoms with van der Waals surface area (Å²) in [5.74, 6) is 0.623. The molecule has 0 fully saturated rings. The van der Waals surface area contributed by atoms with E-state index in [0.29, 0.717) is 27.6 Å². The van der Waals surface area contributed by atoms with Crippen LogP contribution in [-0.4, -0.2) is 31.4 Å². The number of nitrogens with zero attached hydrogens (tertiary/aromatic N) is 4. The summed E-state index contributed by atoms with van der Waals surface area (Å²) in [7, 11) is 1.81. The normalized spacial score (nSPS) is 12.5. The summed E-state index contributed by atoms with van der Waals surface area (Å²) in [6, 6.07) is 7.09. The molecule has 114 valence electrons. The number of nitrogens with one attached hydrogen (secondary N) is 1. The summed E-state index contributed by atoms with van der Waals surface area (Å²) in [4.78, 5) is 8.42. The van der Waals surface area contributed by atoms with E-state index < -0.39 is 6.10 Å². The van der Waals surface area contributed by atoms with E-state index >= 15 is 0 Å². The first kappa shape index (κ1) is 15.2. The minimum absolute atomic E-state index is 0.315. The number of hydrogen-bond acceptors (Lipinski definition) is 5. The maximum atomic E-state index is 10.2. The van der Waals surface area contributed by atoms with Crippen molar-refractivity contribution in [2.75, 3.05) is 11.9 Å². The highest BCUT2D eigenvalue weighted by molar-refractivity contribution is 9.10. The number of aromatic nitrogens is 4. The topological polar surface area (TPSA) is 75.9 Å². The molecule has 0 aliphatic carbocycles. The number of rotatable bonds is 4. The molecule has 2 heterocycles. The zero-order valence-electron chi connectivity index (χ0n) is 11.7. The Labute approximate surface area is 140 Å². The predicted molar refractivity (Wildman–Crippen MR) is 88.9 cm³/mol. The Bertz CT molecular complexity index is 805. The lowest BCUT2D eigenvalue weighted by atomic mass is 10.1. The zero-order chi connectivity index (χ0) is 15.7. The highest BCUT2D eigenvalue weighted by atomic mass is 79.9. The molecule has 2 aromatic heterocycles. The number of halogens is 2. The van der Waals surface area contributed by atoms with E-state index in [-0.39, 0.29) is 0 Å². The monoisotopic (exact) mass is 381 g/mol. The number of aliphatic hydroxyl groups excluding tert-OH is 1. The Balaban J connectivity index is 1.80. The molecule has 22 heavy (non-hydrogen) atoms. The Morgan fingerprint density at radius 3 is 2.77 bits per heavy atom. The third kappa shape index (κ3) is 2.92. The molecule has 8 heteroatoms. The maximum absolute atomic E-state index is 10.2. The Hall–Kier alpha value is -1.70. The smallest absolute Gasteiger partial charge is 0.164 e. The number of anilines is 1. The first-order valence-electron chi connectivity index (χ1n) is 6.57. The number of fused-ring (bicyclic) bond motifs is 1. The van der Waals surface area contributed by atoms with Gasteiger partial charge in [0, 0.05) is 18.6 Å². The zero-order valence-corrected chi connectivity index (χ0v) is 14.0. The first-order valence-corrected chi connectivity index (χ1v) is 7.74. The van der Waals surface area contributed by atoms with Crippen LogP contribution in [0.15, 0.2) is 35.2 Å². The SMILES string of the molecule is Cn1nc(Br)c2c(NC[C@H](O)c3ccc(Cl)cc3)ncnc21. The molecule has 1 atom stereocenters. The van der Waals surface area contributed by atoms with Crippen molar-refractivity contribution in [3.05, 3.63) is 45.8 Å². The van der Waals surface area contributed by atoms with E-state index in [1.807, 2.05) is 7.05 Å². The lowest BCUT2D eigenvalue weighted by molar-refractivity contribution is 0.191. The van der Waals surface area contributed by atoms with Crippen LogP contribution in [-0.2, 0) is 7.05 Å². The van der Waals surface area contributed by atoms with Crippen molar-refractivity contribution in [2.24, 2.45) is 7.05 Å². The molecule has 0 spiro atoms. The summed E-state index contributed by atoms with van der Waals surface area (Å²) < 4.78 is 2.33. The van der Waals surface area contributed by atoms with Gasteiger partial charge in [0.15, 0.2) is 5.65 Å². The summed E-state index contributed by atoms with van der Waals surface area (Å²) in [6.45, 7) is 0.315. The van der Waals surface area contributed by atoms with Gasteiger partial charge in [-0.25, -0.2) is 14.6 Å². The lowest BCUT2D eigenvalue weighted by Gasteiger charge is -2.13. The minimum Gasteiger partial charge on any atom is -0.387 e. The van der Waals surface area contributed by atoms with Gasteiger partial charge in [0.1, 0.15) is 16.7 Å². The van der Waals surface area contributed by atoms with E-state index in [1.54, 1.807) is 28.9 Å². The van der Waals surface area contributed by atoms with Gasteiger partial charge in [-0.3, -0.25) is 0 Å². The van der Waals surface area contributed by atoms with Gasteiger partial charge >= 0.3 is 0 Å². The van der Waals surface area contributed by atoms with Crippen LogP contribution in [0.5, 0.6) is 0 Å². The predicted octanol–water partition coefficient (Wildman–Crippen LogP) is 2.92. The average molecular weight is 383 g/mol. The van der Waals surface area contributed by atoms with Crippen molar-refractivity contribution in [1.82, 2.24) is 19.7 Å². The summed E-state index contributed by atoms with van der Waals surface area (Å²) in [5.41, 5.74) is 1.50. The van der Waals surface area contributed by atoms with Crippen LogP contribution >= 0.6 is 27.5 Å². The van der Waals surface area contributed by atoms with Crippen molar-refractivity contribution in [3.8, 4) is 0 Å². The maximum Gasteiger partial charge on any atom is 0.164 e. The molecule has 0 unspecified atom stereocenters. The minimum atomic E-state index is -0.669. The average Bonchev–Trinajstić information content (AvgIpc) is 2.81. The van der Waals surface area contributed by atoms with Gasteiger partial charge in [-0.05, 0) is 33.6 Å². The molecule has 3 aromatic rings. The van der Waals surface area contributed by atoms with E-state index in [2.05, 4.69) is 36.3 Å². The standard InChI is InChI=1S/C14H13BrClN5O/c1-21-14-11(12(15)20-21)13(18-7-19-14)17-6-10(22)8-2-4-9(16)5-3-8/h2-5,7,10,22H,6H2,1H3,(H,17,18,19)/t10-/m0/s1. The number of aryl methyl sites for hydroxylation is 1. The van der Waals surface area contributed by atoms with Crippen LogP contribution in [0.2, 0.25) is 5.02 Å². The van der Waals surface area contributed by atoms with Gasteiger partial charge in [-0.2, -0.15) is 5.10 Å². The molecule has 0 aliphatic rings. The molecule has 0 radical (unpaired) electrons. The van der Waals surface area contributed by atoms with Gasteiger partial charge < -0.3 is 10.4 Å². The Morgan fingerprint density at radius 2 is 2.05 bits per heavy atom. The summed E-state index contributed by atoms with van der Waals surface area (Å²) in [6.07, 6.45) is 0.797. The van der Waals surface area contributed by atoms with E-state index in [9.17, 15) is 5.11 Å². The molecule has 0 saturated heterocycles. The number of aliphatic hydroxyl groups is 1. The molecule has 0 amide bonds. The summed E-state index contributed by atoms with van der Waals surface area (Å²) >= 11 is 9.25. The van der Waals surface area contributed by atoms with Crippen LogP contribution in [0.25, 0.3) is 11.0 Å². The van der Waals surface area contributed by atoms with Crippen LogP contribution in [0.4, 0.5) is 5.82 Å². The van der Waals surface area contributed by atoms with Crippen LogP contribution in [0.3, 0.4) is 0 Å². The second kappa shape index (κ2) is 6.20. The van der Waals surface area contributed by atoms with Crippen molar-refractivity contribution in [1.29, 1.82) is 0 Å². The third-order valence-corrected chi connectivity index (χ3v) is 4.10. The fraction of sp³-hybridized carbons (Fsp3) is 0.214. The molecule has 1 aromatic carbocycles. The van der Waals surface area contributed by atoms with Gasteiger partial charge in [0.05, 0.1) is 11.5 Å². The number of hydrogen-bond donors (Lipinski definition) is 2. The fourth-order valence-electron chi connectivity index (χ4n) is 2.17. The van der Waals surface area contributed by atoms with Gasteiger partial charge in [0.2, 0.25) is 0 Å². The van der Waals surface area contributed by atoms with E-state index in [1.165, 1.54) is 6.33 Å². The van der Waals surface area contributed by atoms with E-state index in [4.69, 9.17) is 11.6 Å². The van der Waals surface area contributed by atoms with Crippen molar-refractivity contribution < 1.29 is 5.11 Å². The molecule has 0 aliphatic heterocycles. The molecule has 0 bridgehead atoms. The van der Waals surface area contributed by atoms with Gasteiger partial charge in [-0.1, -0.05) is 23.7 Å². The molecule has 0 saturated carbocycles. The van der Waals surface area contributed by atoms with E-state index in [0.717, 1.165) is 10.9 Å². The summed E-state index contributed by atoms with van der Waals surface area (Å²) in [5, 5.41) is 19.1. The van der Waals surface area contributed by atoms with Crippen molar-refractivity contribution >= 4 is 44.4 Å². The number of benzene rings is 1. The third-order valence-electron chi connectivity index (χ3n) is 3.30. The van der Waals surface area contributed by atoms with Crippen molar-refractivity contribution in [2.45, 2.75) is 6.10 Å². The molecular formula is C14H13BrClN5O. The lowest BCUT2D eigenvalue weighted by Crippen LogP contribution is -2.13. The van der Waals surface area contributed by atoms with Crippen LogP contribution < -0.4 is 5.32 Å². The highest BCUT2D eigenvalue weighted by Crippen LogP contribution is 2.27. The quantitative estimate of drug-likeness (QED) is 0.725. The highest BCUT2D eigenvalue weighted by Gasteiger charge is 2.14. The van der Waals surface area contributed by atoms with Gasteiger partial charge in [-0.15, -0.1) is 0 Å². The molecule has 6 nitrogen and oxygen atoms in total. The molecular weight excluding hydrogens is 370 g/mol. The van der Waals surface area contributed by atoms with Crippen molar-refractivity contribution in [3.63, 3.8) is 0 Å².